The summed E-state index contributed by atoms with van der Waals surface area (Å²) in [6.07, 6.45) is 17.4. The summed E-state index contributed by atoms with van der Waals surface area (Å²) < 4.78 is 0. The van der Waals surface area contributed by atoms with Crippen LogP contribution in [0.4, 0.5) is 0 Å². The maximum atomic E-state index is 12.6. The molecule has 1 fully saturated rings. The second kappa shape index (κ2) is 11.0. The van der Waals surface area contributed by atoms with E-state index in [1.165, 1.54) is 76.2 Å². The van der Waals surface area contributed by atoms with Crippen molar-refractivity contribution >= 4 is 5.91 Å². The van der Waals surface area contributed by atoms with Gasteiger partial charge in [0.05, 0.1) is 0 Å². The van der Waals surface area contributed by atoms with Crippen molar-refractivity contribution in [3.8, 4) is 0 Å². The Kier molecular flexibility index (Phi) is 9.02. The average Bonchev–Trinajstić information content (AvgIpc) is 2.79. The highest BCUT2D eigenvalue weighted by Crippen LogP contribution is 2.26. The topological polar surface area (TPSA) is 32.3 Å². The van der Waals surface area contributed by atoms with Crippen LogP contribution in [0, 0.1) is 0 Å². The molecule has 0 aromatic rings. The predicted molar refractivity (Wildman–Crippen MR) is 106 cm³/mol. The second-order valence-corrected chi connectivity index (χ2v) is 8.19. The number of hydrogen-bond donors (Lipinski definition) is 1. The maximum absolute atomic E-state index is 12.6. The summed E-state index contributed by atoms with van der Waals surface area (Å²) in [6.45, 7) is 7.23. The van der Waals surface area contributed by atoms with E-state index in [0.29, 0.717) is 6.04 Å². The van der Waals surface area contributed by atoms with E-state index in [1.54, 1.807) is 0 Å². The summed E-state index contributed by atoms with van der Waals surface area (Å²) in [5, 5.41) is 3.89. The fourth-order valence-electron chi connectivity index (χ4n) is 4.27. The Morgan fingerprint density at radius 2 is 1.44 bits per heavy atom. The van der Waals surface area contributed by atoms with Crippen molar-refractivity contribution < 1.29 is 4.79 Å². The number of nitrogens with one attached hydrogen (secondary N) is 1. The van der Waals surface area contributed by atoms with Gasteiger partial charge in [-0.2, -0.15) is 0 Å². The van der Waals surface area contributed by atoms with E-state index >= 15 is 0 Å². The summed E-state index contributed by atoms with van der Waals surface area (Å²) in [7, 11) is 0. The first kappa shape index (κ1) is 20.5. The number of unbranched alkanes of at least 4 members (excludes halogenated alkanes) is 1. The van der Waals surface area contributed by atoms with Crippen LogP contribution in [-0.2, 0) is 4.79 Å². The SMILES string of the molecule is CCCCN1C(=O)C(C)=C(C)[C@@H]1NC1CCCCCCCCCCC1. The summed E-state index contributed by atoms with van der Waals surface area (Å²) >= 11 is 0. The van der Waals surface area contributed by atoms with Crippen LogP contribution >= 0.6 is 0 Å². The van der Waals surface area contributed by atoms with Crippen molar-refractivity contribution in [3.63, 3.8) is 0 Å². The van der Waals surface area contributed by atoms with E-state index in [9.17, 15) is 4.79 Å². The zero-order valence-corrected chi connectivity index (χ0v) is 16.9. The minimum Gasteiger partial charge on any atom is -0.319 e. The molecule has 144 valence electrons. The molecule has 0 bridgehead atoms. The molecule has 1 N–H and O–H groups in total. The molecule has 0 radical (unpaired) electrons. The third-order valence-corrected chi connectivity index (χ3v) is 6.15. The van der Waals surface area contributed by atoms with Crippen molar-refractivity contribution in [2.75, 3.05) is 6.54 Å². The van der Waals surface area contributed by atoms with Crippen LogP contribution in [0.2, 0.25) is 0 Å². The summed E-state index contributed by atoms with van der Waals surface area (Å²) in [6, 6.07) is 0.558. The Labute approximate surface area is 155 Å². The van der Waals surface area contributed by atoms with Crippen LogP contribution in [0.25, 0.3) is 0 Å². The molecule has 3 heteroatoms. The van der Waals surface area contributed by atoms with Gasteiger partial charge in [-0.1, -0.05) is 71.1 Å². The van der Waals surface area contributed by atoms with Gasteiger partial charge >= 0.3 is 0 Å². The molecular formula is C22H40N2O. The van der Waals surface area contributed by atoms with Crippen molar-refractivity contribution in [2.24, 2.45) is 0 Å². The number of carbonyl (C=O) groups excluding carboxylic acids is 1. The fraction of sp³-hybridized carbons (Fsp3) is 0.864. The monoisotopic (exact) mass is 348 g/mol. The van der Waals surface area contributed by atoms with E-state index in [2.05, 4.69) is 24.1 Å². The first-order chi connectivity index (χ1) is 12.1. The molecule has 1 aliphatic heterocycles. The molecule has 1 aliphatic carbocycles. The zero-order chi connectivity index (χ0) is 18.1. The Hall–Kier alpha value is -0.830. The minimum absolute atomic E-state index is 0.136. The van der Waals surface area contributed by atoms with Gasteiger partial charge in [0.25, 0.3) is 5.91 Å². The Morgan fingerprint density at radius 1 is 0.920 bits per heavy atom. The van der Waals surface area contributed by atoms with Crippen molar-refractivity contribution in [1.29, 1.82) is 0 Å². The van der Waals surface area contributed by atoms with Gasteiger partial charge in [-0.3, -0.25) is 10.1 Å². The number of nitrogens with zero attached hydrogens (tertiary/aromatic N) is 1. The predicted octanol–water partition coefficient (Wildman–Crippen LogP) is 5.55. The van der Waals surface area contributed by atoms with Crippen LogP contribution in [0.15, 0.2) is 11.1 Å². The average molecular weight is 349 g/mol. The van der Waals surface area contributed by atoms with E-state index in [1.807, 2.05) is 6.92 Å². The largest absolute Gasteiger partial charge is 0.319 e. The molecule has 0 saturated heterocycles. The highest BCUT2D eigenvalue weighted by Gasteiger charge is 2.35. The number of hydrogen-bond acceptors (Lipinski definition) is 2. The molecule has 25 heavy (non-hydrogen) atoms. The van der Waals surface area contributed by atoms with Gasteiger partial charge in [0.1, 0.15) is 6.17 Å². The first-order valence-corrected chi connectivity index (χ1v) is 10.9. The molecule has 3 nitrogen and oxygen atoms in total. The molecule has 2 rings (SSSR count). The normalized spacial score (nSPS) is 25.2. The molecule has 1 amide bonds. The quantitative estimate of drug-likeness (QED) is 0.706. The summed E-state index contributed by atoms with van der Waals surface area (Å²) in [4.78, 5) is 14.7. The highest BCUT2D eigenvalue weighted by molar-refractivity contribution is 5.96. The summed E-state index contributed by atoms with van der Waals surface area (Å²) in [5.41, 5.74) is 2.20. The van der Waals surface area contributed by atoms with Gasteiger partial charge in [0.15, 0.2) is 0 Å². The molecule has 0 aromatic carbocycles. The number of amides is 1. The molecule has 1 heterocycles. The van der Waals surface area contributed by atoms with Crippen molar-refractivity contribution in [3.05, 3.63) is 11.1 Å². The molecule has 0 unspecified atom stereocenters. The molecule has 0 spiro atoms. The van der Waals surface area contributed by atoms with Gasteiger partial charge in [-0.15, -0.1) is 0 Å². The van der Waals surface area contributed by atoms with Crippen molar-refractivity contribution in [1.82, 2.24) is 10.2 Å². The van der Waals surface area contributed by atoms with E-state index < -0.39 is 0 Å². The lowest BCUT2D eigenvalue weighted by molar-refractivity contribution is -0.127. The number of rotatable bonds is 5. The Bertz CT molecular complexity index is 431. The Balaban J connectivity index is 1.97. The first-order valence-electron chi connectivity index (χ1n) is 10.9. The standard InChI is InChI=1S/C22H40N2O/c1-4-5-17-24-21(18(2)19(3)22(24)25)23-20-15-13-11-9-7-6-8-10-12-14-16-20/h20-21,23H,4-17H2,1-3H3/t21-/m1/s1. The van der Waals surface area contributed by atoms with Crippen LogP contribution < -0.4 is 5.32 Å². The van der Waals surface area contributed by atoms with Crippen molar-refractivity contribution in [2.45, 2.75) is 116 Å². The molecular weight excluding hydrogens is 308 g/mol. The van der Waals surface area contributed by atoms with Gasteiger partial charge in [0.2, 0.25) is 0 Å². The van der Waals surface area contributed by atoms with Crippen LogP contribution in [0.3, 0.4) is 0 Å². The van der Waals surface area contributed by atoms with Crippen LogP contribution in [0.1, 0.15) is 104 Å². The zero-order valence-electron chi connectivity index (χ0n) is 16.9. The fourth-order valence-corrected chi connectivity index (χ4v) is 4.27. The highest BCUT2D eigenvalue weighted by atomic mass is 16.2. The van der Waals surface area contributed by atoms with Gasteiger partial charge in [0, 0.05) is 18.2 Å². The Morgan fingerprint density at radius 3 is 1.96 bits per heavy atom. The number of carbonyl (C=O) groups is 1. The van der Waals surface area contributed by atoms with Crippen LogP contribution in [0.5, 0.6) is 0 Å². The van der Waals surface area contributed by atoms with Gasteiger partial charge in [-0.25, -0.2) is 0 Å². The van der Waals surface area contributed by atoms with E-state index in [0.717, 1.165) is 25.0 Å². The lowest BCUT2D eigenvalue weighted by Crippen LogP contribution is -2.49. The molecule has 1 saturated carbocycles. The lowest BCUT2D eigenvalue weighted by Gasteiger charge is -2.32. The molecule has 1 atom stereocenters. The third kappa shape index (κ3) is 6.13. The van der Waals surface area contributed by atoms with Crippen LogP contribution in [-0.4, -0.2) is 29.6 Å². The van der Waals surface area contributed by atoms with E-state index in [-0.39, 0.29) is 12.1 Å². The molecule has 0 aromatic heterocycles. The minimum atomic E-state index is 0.136. The smallest absolute Gasteiger partial charge is 0.251 e. The lowest BCUT2D eigenvalue weighted by atomic mass is 9.97. The van der Waals surface area contributed by atoms with Gasteiger partial charge in [-0.05, 0) is 38.7 Å². The third-order valence-electron chi connectivity index (χ3n) is 6.15. The molecule has 2 aliphatic rings. The van der Waals surface area contributed by atoms with E-state index in [4.69, 9.17) is 0 Å². The van der Waals surface area contributed by atoms with Gasteiger partial charge < -0.3 is 4.90 Å². The summed E-state index contributed by atoms with van der Waals surface area (Å²) in [5.74, 6) is 0.247. The maximum Gasteiger partial charge on any atom is 0.251 e. The second-order valence-electron chi connectivity index (χ2n) is 8.19.